The Morgan fingerprint density at radius 2 is 1.32 bits per heavy atom. The third-order valence-corrected chi connectivity index (χ3v) is 4.86. The van der Waals surface area contributed by atoms with Gasteiger partial charge in [0.05, 0.1) is 12.1 Å². The van der Waals surface area contributed by atoms with Gasteiger partial charge in [0.25, 0.3) is 0 Å². The van der Waals surface area contributed by atoms with Gasteiger partial charge in [-0.15, -0.1) is 5.54 Å². The first kappa shape index (κ1) is 19.5. The molecule has 0 radical (unpaired) electrons. The Kier molecular flexibility index (Phi) is 7.05. The molecule has 2 heteroatoms. The zero-order chi connectivity index (χ0) is 18.3. The molecule has 0 fully saturated rings. The Morgan fingerprint density at radius 1 is 0.840 bits per heavy atom. The van der Waals surface area contributed by atoms with Crippen LogP contribution >= 0.6 is 0 Å². The van der Waals surface area contributed by atoms with Crippen LogP contribution in [-0.2, 0) is 0 Å². The number of benzene rings is 2. The summed E-state index contributed by atoms with van der Waals surface area (Å²) in [5.41, 5.74) is 6.14. The van der Waals surface area contributed by atoms with Crippen molar-refractivity contribution in [1.29, 1.82) is 0 Å². The van der Waals surface area contributed by atoms with E-state index >= 15 is 0 Å². The molecule has 1 unspecified atom stereocenters. The van der Waals surface area contributed by atoms with Crippen LogP contribution in [0.1, 0.15) is 37.4 Å². The molecular formula is C23H31NSi. The SMILES string of the molecule is CC(C)CC(C#C[Si](C)(C)C)NC(c1ccccc1)c1ccccc1. The molecule has 0 amide bonds. The van der Waals surface area contributed by atoms with Gasteiger partial charge in [-0.3, -0.25) is 5.32 Å². The maximum atomic E-state index is 3.84. The second-order valence-corrected chi connectivity index (χ2v) is 12.9. The van der Waals surface area contributed by atoms with Gasteiger partial charge in [0, 0.05) is 0 Å². The topological polar surface area (TPSA) is 12.0 Å². The lowest BCUT2D eigenvalue weighted by molar-refractivity contribution is 0.455. The zero-order valence-corrected chi connectivity index (χ0v) is 17.2. The molecule has 1 nitrogen and oxygen atoms in total. The van der Waals surface area contributed by atoms with E-state index in [1.54, 1.807) is 0 Å². The van der Waals surface area contributed by atoms with Crippen LogP contribution in [0.25, 0.3) is 0 Å². The highest BCUT2D eigenvalue weighted by molar-refractivity contribution is 6.83. The van der Waals surface area contributed by atoms with Crippen molar-refractivity contribution in [2.24, 2.45) is 5.92 Å². The number of hydrogen-bond acceptors (Lipinski definition) is 1. The average Bonchev–Trinajstić information content (AvgIpc) is 2.57. The van der Waals surface area contributed by atoms with E-state index in [4.69, 9.17) is 0 Å². The molecule has 132 valence electrons. The fourth-order valence-corrected chi connectivity index (χ4v) is 3.43. The van der Waals surface area contributed by atoms with Gasteiger partial charge >= 0.3 is 0 Å². The number of hydrogen-bond donors (Lipinski definition) is 1. The van der Waals surface area contributed by atoms with E-state index in [0.29, 0.717) is 5.92 Å². The highest BCUT2D eigenvalue weighted by Crippen LogP contribution is 2.23. The second kappa shape index (κ2) is 9.04. The van der Waals surface area contributed by atoms with E-state index in [2.05, 4.69) is 111 Å². The van der Waals surface area contributed by atoms with Crippen LogP contribution in [0.5, 0.6) is 0 Å². The molecule has 0 aliphatic carbocycles. The summed E-state index contributed by atoms with van der Waals surface area (Å²) < 4.78 is 0. The van der Waals surface area contributed by atoms with E-state index in [9.17, 15) is 0 Å². The van der Waals surface area contributed by atoms with Gasteiger partial charge in [-0.1, -0.05) is 100 Å². The average molecular weight is 350 g/mol. The van der Waals surface area contributed by atoms with Crippen molar-refractivity contribution in [3.05, 3.63) is 71.8 Å². The summed E-state index contributed by atoms with van der Waals surface area (Å²) in [5, 5.41) is 3.84. The summed E-state index contributed by atoms with van der Waals surface area (Å²) in [6.45, 7) is 11.4. The summed E-state index contributed by atoms with van der Waals surface area (Å²) in [7, 11) is -1.38. The third-order valence-electron chi connectivity index (χ3n) is 3.96. The molecule has 0 spiro atoms. The van der Waals surface area contributed by atoms with Crippen molar-refractivity contribution in [3.63, 3.8) is 0 Å². The van der Waals surface area contributed by atoms with Crippen molar-refractivity contribution in [2.75, 3.05) is 0 Å². The molecule has 0 saturated carbocycles. The van der Waals surface area contributed by atoms with Crippen LogP contribution in [0.4, 0.5) is 0 Å². The van der Waals surface area contributed by atoms with Crippen molar-refractivity contribution >= 4 is 8.07 Å². The van der Waals surface area contributed by atoms with Crippen LogP contribution in [-0.4, -0.2) is 14.1 Å². The lowest BCUT2D eigenvalue weighted by Gasteiger charge is -2.25. The number of nitrogens with one attached hydrogen (secondary N) is 1. The predicted molar refractivity (Wildman–Crippen MR) is 112 cm³/mol. The van der Waals surface area contributed by atoms with Gasteiger partial charge < -0.3 is 0 Å². The molecule has 1 atom stereocenters. The van der Waals surface area contributed by atoms with Crippen LogP contribution in [0, 0.1) is 17.4 Å². The minimum atomic E-state index is -1.38. The zero-order valence-electron chi connectivity index (χ0n) is 16.2. The first-order chi connectivity index (χ1) is 11.8. The number of rotatable bonds is 6. The maximum Gasteiger partial charge on any atom is 0.129 e. The van der Waals surface area contributed by atoms with Gasteiger partial charge in [-0.05, 0) is 23.5 Å². The van der Waals surface area contributed by atoms with Crippen molar-refractivity contribution in [1.82, 2.24) is 5.32 Å². The van der Waals surface area contributed by atoms with Crippen LogP contribution < -0.4 is 5.32 Å². The van der Waals surface area contributed by atoms with Crippen LogP contribution in [0.3, 0.4) is 0 Å². The predicted octanol–water partition coefficient (Wildman–Crippen LogP) is 5.66. The van der Waals surface area contributed by atoms with E-state index in [-0.39, 0.29) is 12.1 Å². The minimum Gasteiger partial charge on any atom is -0.293 e. The van der Waals surface area contributed by atoms with Crippen molar-refractivity contribution < 1.29 is 0 Å². The van der Waals surface area contributed by atoms with Crippen LogP contribution in [0.15, 0.2) is 60.7 Å². The quantitative estimate of drug-likeness (QED) is 0.524. The van der Waals surface area contributed by atoms with Crippen molar-refractivity contribution in [2.45, 2.75) is 52.0 Å². The molecule has 0 bridgehead atoms. The molecule has 2 rings (SSSR count). The van der Waals surface area contributed by atoms with Gasteiger partial charge in [0.2, 0.25) is 0 Å². The normalized spacial score (nSPS) is 12.8. The fourth-order valence-electron chi connectivity index (χ4n) is 2.82. The molecule has 25 heavy (non-hydrogen) atoms. The Hall–Kier alpha value is -1.82. The summed E-state index contributed by atoms with van der Waals surface area (Å²) in [6, 6.07) is 21.7. The smallest absolute Gasteiger partial charge is 0.129 e. The van der Waals surface area contributed by atoms with E-state index < -0.39 is 8.07 Å². The second-order valence-electron chi connectivity index (χ2n) is 8.12. The van der Waals surface area contributed by atoms with E-state index in [1.165, 1.54) is 11.1 Å². The lowest BCUT2D eigenvalue weighted by Crippen LogP contribution is -2.34. The maximum absolute atomic E-state index is 3.84. The van der Waals surface area contributed by atoms with E-state index in [0.717, 1.165) is 6.42 Å². The van der Waals surface area contributed by atoms with Gasteiger partial charge in [-0.2, -0.15) is 0 Å². The standard InChI is InChI=1S/C23H31NSi/c1-19(2)18-22(16-17-25(3,4)5)24-23(20-12-8-6-9-13-20)21-14-10-7-11-15-21/h6-15,19,22-24H,18H2,1-5H3. The Morgan fingerprint density at radius 3 is 1.72 bits per heavy atom. The van der Waals surface area contributed by atoms with Crippen molar-refractivity contribution in [3.8, 4) is 11.5 Å². The fraction of sp³-hybridized carbons (Fsp3) is 0.391. The first-order valence-corrected chi connectivity index (χ1v) is 12.7. The highest BCUT2D eigenvalue weighted by atomic mass is 28.3. The monoisotopic (exact) mass is 349 g/mol. The Bertz CT molecular complexity index is 650. The lowest BCUT2D eigenvalue weighted by atomic mass is 9.96. The van der Waals surface area contributed by atoms with Crippen LogP contribution in [0.2, 0.25) is 19.6 Å². The molecule has 0 aliphatic rings. The molecule has 0 aromatic heterocycles. The van der Waals surface area contributed by atoms with E-state index in [1.807, 2.05) is 0 Å². The van der Waals surface area contributed by atoms with Gasteiger partial charge in [0.1, 0.15) is 8.07 Å². The molecular weight excluding hydrogens is 318 g/mol. The molecule has 0 saturated heterocycles. The minimum absolute atomic E-state index is 0.169. The summed E-state index contributed by atoms with van der Waals surface area (Å²) in [6.07, 6.45) is 1.06. The molecule has 1 N–H and O–H groups in total. The first-order valence-electron chi connectivity index (χ1n) is 9.24. The summed E-state index contributed by atoms with van der Waals surface area (Å²) in [5.74, 6) is 4.17. The third kappa shape index (κ3) is 6.90. The Balaban J connectivity index is 2.33. The van der Waals surface area contributed by atoms with Gasteiger partial charge in [0.15, 0.2) is 0 Å². The molecule has 2 aromatic carbocycles. The Labute approximate surface area is 154 Å². The highest BCUT2D eigenvalue weighted by Gasteiger charge is 2.19. The largest absolute Gasteiger partial charge is 0.293 e. The summed E-state index contributed by atoms with van der Waals surface area (Å²) in [4.78, 5) is 0. The molecule has 0 heterocycles. The molecule has 2 aromatic rings. The summed E-state index contributed by atoms with van der Waals surface area (Å²) >= 11 is 0. The molecule has 0 aliphatic heterocycles. The van der Waals surface area contributed by atoms with Gasteiger partial charge in [-0.25, -0.2) is 0 Å².